The number of pyridine rings is 1. The zero-order chi connectivity index (χ0) is 20.7. The molecular formula is C22H21Cl2FN6O. The summed E-state index contributed by atoms with van der Waals surface area (Å²) < 4.78 is 17.5. The van der Waals surface area contributed by atoms with Crippen LogP contribution in [0.25, 0.3) is 39.0 Å². The van der Waals surface area contributed by atoms with Gasteiger partial charge in [-0.15, -0.1) is 24.8 Å². The predicted molar refractivity (Wildman–Crippen MR) is 129 cm³/mol. The maximum atomic E-state index is 14.1. The summed E-state index contributed by atoms with van der Waals surface area (Å²) in [5.41, 5.74) is 7.97. The molecular weight excluding hydrogens is 454 g/mol. The average Bonchev–Trinajstić information content (AvgIpc) is 3.31. The molecule has 0 unspecified atom stereocenters. The molecule has 7 nitrogen and oxygen atoms in total. The van der Waals surface area contributed by atoms with Crippen LogP contribution in [0.15, 0.2) is 65.6 Å². The number of aromatic amines is 1. The Bertz CT molecular complexity index is 1440. The first-order chi connectivity index (χ1) is 14.7. The second-order valence-corrected chi connectivity index (χ2v) is 7.09. The Morgan fingerprint density at radius 2 is 1.88 bits per heavy atom. The number of H-pyrrole nitrogens is 1. The van der Waals surface area contributed by atoms with Gasteiger partial charge in [0.2, 0.25) is 0 Å². The number of aryl methyl sites for hydroxylation is 1. The van der Waals surface area contributed by atoms with Crippen LogP contribution in [0.2, 0.25) is 0 Å². The minimum Gasteiger partial charge on any atom is -0.345 e. The molecule has 5 aromatic rings. The number of rotatable bonds is 5. The molecule has 0 fully saturated rings. The third-order valence-corrected chi connectivity index (χ3v) is 5.17. The van der Waals surface area contributed by atoms with Crippen LogP contribution in [0.3, 0.4) is 0 Å². The van der Waals surface area contributed by atoms with Gasteiger partial charge in [0.15, 0.2) is 5.82 Å². The molecule has 3 heterocycles. The summed E-state index contributed by atoms with van der Waals surface area (Å²) in [6.45, 7) is 1.20. The predicted octanol–water partition coefficient (Wildman–Crippen LogP) is 4.06. The summed E-state index contributed by atoms with van der Waals surface area (Å²) in [5, 5.41) is 8.33. The number of nitrogens with one attached hydrogen (secondary N) is 1. The SMILES string of the molecule is Cl.Cl.NCCCn1cc(-n2c(-c3ccc4ccccc4n3)n[nH]c2=O)c2cc(F)ccc21. The summed E-state index contributed by atoms with van der Waals surface area (Å²) in [5.74, 6) is -0.00450. The number of halogens is 3. The van der Waals surface area contributed by atoms with Crippen molar-refractivity contribution in [2.45, 2.75) is 13.0 Å². The van der Waals surface area contributed by atoms with Crippen LogP contribution in [-0.4, -0.2) is 30.9 Å². The van der Waals surface area contributed by atoms with Crippen LogP contribution >= 0.6 is 24.8 Å². The highest BCUT2D eigenvalue weighted by molar-refractivity contribution is 5.90. The quantitative estimate of drug-likeness (QED) is 0.401. The molecule has 2 aromatic carbocycles. The van der Waals surface area contributed by atoms with Gasteiger partial charge in [-0.1, -0.05) is 24.3 Å². The Labute approximate surface area is 194 Å². The number of benzene rings is 2. The lowest BCUT2D eigenvalue weighted by Gasteiger charge is -2.05. The zero-order valence-electron chi connectivity index (χ0n) is 16.9. The molecule has 3 N–H and O–H groups in total. The highest BCUT2D eigenvalue weighted by atomic mass is 35.5. The van der Waals surface area contributed by atoms with Gasteiger partial charge in [-0.05, 0) is 43.3 Å². The number of nitrogens with two attached hydrogens (primary N) is 1. The summed E-state index contributed by atoms with van der Waals surface area (Å²) in [4.78, 5) is 17.4. The lowest BCUT2D eigenvalue weighted by Crippen LogP contribution is -2.15. The molecule has 0 bridgehead atoms. The van der Waals surface area contributed by atoms with Crippen LogP contribution in [0, 0.1) is 5.82 Å². The van der Waals surface area contributed by atoms with Crippen molar-refractivity contribution >= 4 is 46.6 Å². The monoisotopic (exact) mass is 474 g/mol. The fourth-order valence-corrected chi connectivity index (χ4v) is 3.76. The summed E-state index contributed by atoms with van der Waals surface area (Å²) >= 11 is 0. The van der Waals surface area contributed by atoms with Crippen LogP contribution < -0.4 is 11.4 Å². The summed E-state index contributed by atoms with van der Waals surface area (Å²) in [6, 6.07) is 16.0. The molecule has 5 rings (SSSR count). The standard InChI is InChI=1S/C22H19FN6O.2ClH/c23-15-7-9-19-16(12-15)20(13-28(19)11-3-10-24)29-21(26-27-22(29)30)18-8-6-14-4-1-2-5-17(14)25-18;;/h1-2,4-9,12-13H,3,10-11,24H2,(H,27,30);2*1H. The van der Waals surface area contributed by atoms with E-state index in [-0.39, 0.29) is 30.6 Å². The molecule has 0 saturated carbocycles. The fourth-order valence-electron chi connectivity index (χ4n) is 3.76. The number of nitrogens with zero attached hydrogens (tertiary/aromatic N) is 4. The first-order valence-corrected chi connectivity index (χ1v) is 9.68. The van der Waals surface area contributed by atoms with E-state index in [2.05, 4.69) is 15.2 Å². The van der Waals surface area contributed by atoms with Gasteiger partial charge in [-0.25, -0.2) is 23.8 Å². The summed E-state index contributed by atoms with van der Waals surface area (Å²) in [6.07, 6.45) is 2.60. The summed E-state index contributed by atoms with van der Waals surface area (Å²) in [7, 11) is 0. The van der Waals surface area contributed by atoms with Crippen molar-refractivity contribution in [1.82, 2.24) is 24.3 Å². The zero-order valence-corrected chi connectivity index (χ0v) is 18.5. The fraction of sp³-hybridized carbons (Fsp3) is 0.136. The van der Waals surface area contributed by atoms with Gasteiger partial charge in [0, 0.05) is 23.5 Å². The number of aromatic nitrogens is 5. The lowest BCUT2D eigenvalue weighted by atomic mass is 10.2. The molecule has 10 heteroatoms. The van der Waals surface area contributed by atoms with Crippen molar-refractivity contribution in [3.8, 4) is 17.2 Å². The molecule has 0 amide bonds. The Morgan fingerprint density at radius 1 is 1.06 bits per heavy atom. The topological polar surface area (TPSA) is 94.5 Å². The van der Waals surface area contributed by atoms with Crippen molar-refractivity contribution in [3.63, 3.8) is 0 Å². The first kappa shape index (κ1) is 23.5. The van der Waals surface area contributed by atoms with Gasteiger partial charge in [0.25, 0.3) is 0 Å². The van der Waals surface area contributed by atoms with Crippen LogP contribution in [0.4, 0.5) is 4.39 Å². The van der Waals surface area contributed by atoms with Gasteiger partial charge in [0.05, 0.1) is 16.7 Å². The van der Waals surface area contributed by atoms with E-state index < -0.39 is 5.69 Å². The first-order valence-electron chi connectivity index (χ1n) is 9.68. The largest absolute Gasteiger partial charge is 0.348 e. The van der Waals surface area contributed by atoms with Crippen LogP contribution in [0.5, 0.6) is 0 Å². The number of hydrogen-bond acceptors (Lipinski definition) is 4. The molecule has 0 aliphatic carbocycles. The highest BCUT2D eigenvalue weighted by Gasteiger charge is 2.19. The van der Waals surface area contributed by atoms with E-state index in [9.17, 15) is 9.18 Å². The van der Waals surface area contributed by atoms with Gasteiger partial charge in [-0.2, -0.15) is 5.10 Å². The van der Waals surface area contributed by atoms with Crippen molar-refractivity contribution in [2.75, 3.05) is 6.54 Å². The van der Waals surface area contributed by atoms with E-state index in [1.54, 1.807) is 6.07 Å². The average molecular weight is 475 g/mol. The maximum absolute atomic E-state index is 14.1. The van der Waals surface area contributed by atoms with Gasteiger partial charge in [0.1, 0.15) is 11.5 Å². The van der Waals surface area contributed by atoms with Crippen molar-refractivity contribution in [3.05, 3.63) is 77.1 Å². The van der Waals surface area contributed by atoms with E-state index in [0.717, 1.165) is 22.8 Å². The Morgan fingerprint density at radius 3 is 2.69 bits per heavy atom. The minimum absolute atomic E-state index is 0. The Balaban J connectivity index is 0.00000144. The maximum Gasteiger partial charge on any atom is 0.348 e. The molecule has 0 aliphatic heterocycles. The van der Waals surface area contributed by atoms with Crippen LogP contribution in [-0.2, 0) is 6.54 Å². The van der Waals surface area contributed by atoms with Gasteiger partial charge >= 0.3 is 5.69 Å². The molecule has 0 radical (unpaired) electrons. The lowest BCUT2D eigenvalue weighted by molar-refractivity contribution is 0.629. The molecule has 0 atom stereocenters. The van der Waals surface area contributed by atoms with E-state index in [0.29, 0.717) is 35.7 Å². The van der Waals surface area contributed by atoms with Crippen molar-refractivity contribution in [2.24, 2.45) is 5.73 Å². The third-order valence-electron chi connectivity index (χ3n) is 5.17. The third kappa shape index (κ3) is 4.00. The molecule has 166 valence electrons. The van der Waals surface area contributed by atoms with Crippen LogP contribution in [0.1, 0.15) is 6.42 Å². The Kier molecular flexibility index (Phi) is 6.98. The van der Waals surface area contributed by atoms with E-state index in [1.165, 1.54) is 16.7 Å². The molecule has 32 heavy (non-hydrogen) atoms. The number of para-hydroxylation sites is 1. The van der Waals surface area contributed by atoms with E-state index >= 15 is 0 Å². The van der Waals surface area contributed by atoms with E-state index in [1.807, 2.05) is 47.2 Å². The second-order valence-electron chi connectivity index (χ2n) is 7.09. The van der Waals surface area contributed by atoms with Gasteiger partial charge < -0.3 is 10.3 Å². The van der Waals surface area contributed by atoms with Gasteiger partial charge in [-0.3, -0.25) is 0 Å². The molecule has 0 saturated heterocycles. The van der Waals surface area contributed by atoms with Crippen molar-refractivity contribution in [1.29, 1.82) is 0 Å². The second kappa shape index (κ2) is 9.52. The smallest absolute Gasteiger partial charge is 0.345 e. The molecule has 0 spiro atoms. The number of fused-ring (bicyclic) bond motifs is 2. The van der Waals surface area contributed by atoms with E-state index in [4.69, 9.17) is 5.73 Å². The molecule has 0 aliphatic rings. The highest BCUT2D eigenvalue weighted by Crippen LogP contribution is 2.28. The minimum atomic E-state index is -0.415. The number of hydrogen-bond donors (Lipinski definition) is 2. The molecule has 3 aromatic heterocycles. The normalized spacial score (nSPS) is 10.8. The Hall–Kier alpha value is -3.20. The van der Waals surface area contributed by atoms with Crippen molar-refractivity contribution < 1.29 is 4.39 Å².